The average Bonchev–Trinajstić information content (AvgIpc) is 3.06. The second-order valence-electron chi connectivity index (χ2n) is 11.7. The summed E-state index contributed by atoms with van der Waals surface area (Å²) >= 11 is 0. The fourth-order valence-electron chi connectivity index (χ4n) is 8.03. The molecule has 0 spiro atoms. The Hall–Kier alpha value is -0.260. The first-order valence-corrected chi connectivity index (χ1v) is 12.1. The first-order chi connectivity index (χ1) is 12.3. The van der Waals surface area contributed by atoms with Gasteiger partial charge in [0, 0.05) is 0 Å². The largest absolute Gasteiger partial charge is 0.0810 e. The molecule has 0 aliphatic heterocycles. The topological polar surface area (TPSA) is 0 Å². The third-order valence-electron chi connectivity index (χ3n) is 9.78. The van der Waals surface area contributed by atoms with Crippen molar-refractivity contribution in [2.24, 2.45) is 46.3 Å². The summed E-state index contributed by atoms with van der Waals surface area (Å²) in [7, 11) is 0. The van der Waals surface area contributed by atoms with Crippen LogP contribution in [0.25, 0.3) is 0 Å². The number of rotatable bonds is 5. The minimum Gasteiger partial charge on any atom is -0.0810 e. The summed E-state index contributed by atoms with van der Waals surface area (Å²) in [5.41, 5.74) is 3.12. The van der Waals surface area contributed by atoms with E-state index in [1.54, 1.807) is 0 Å². The molecule has 4 rings (SSSR count). The van der Waals surface area contributed by atoms with Gasteiger partial charge in [-0.25, -0.2) is 0 Å². The fraction of sp³-hybridized carbons (Fsp3) is 0.923. The standard InChI is InChI=1S/C26H44/c1-18(2)8-6-7-9-20-10-11-23-22-17-21-16-19(3)12-14-26(21,5)24(22)13-15-25(20,23)4/h17-20,22-24H,6-16H2,1-5H3. The average molecular weight is 357 g/mol. The summed E-state index contributed by atoms with van der Waals surface area (Å²) in [5, 5.41) is 0. The normalized spacial score (nSPS) is 47.5. The first kappa shape index (κ1) is 19.1. The van der Waals surface area contributed by atoms with Gasteiger partial charge in [-0.05, 0) is 97.7 Å². The highest BCUT2D eigenvalue weighted by atomic mass is 14.6. The molecule has 26 heavy (non-hydrogen) atoms. The van der Waals surface area contributed by atoms with Gasteiger partial charge in [0.2, 0.25) is 0 Å². The van der Waals surface area contributed by atoms with Gasteiger partial charge in [-0.15, -0.1) is 0 Å². The summed E-state index contributed by atoms with van der Waals surface area (Å²) in [4.78, 5) is 0. The lowest BCUT2D eigenvalue weighted by molar-refractivity contribution is -0.00372. The van der Waals surface area contributed by atoms with Gasteiger partial charge < -0.3 is 0 Å². The van der Waals surface area contributed by atoms with Gasteiger partial charge in [0.15, 0.2) is 0 Å². The van der Waals surface area contributed by atoms with Gasteiger partial charge in [-0.3, -0.25) is 0 Å². The second-order valence-corrected chi connectivity index (χ2v) is 11.7. The molecule has 0 heteroatoms. The lowest BCUT2D eigenvalue weighted by Gasteiger charge is -2.51. The predicted molar refractivity (Wildman–Crippen MR) is 113 cm³/mol. The Bertz CT molecular complexity index is 542. The maximum absolute atomic E-state index is 2.85. The van der Waals surface area contributed by atoms with Crippen LogP contribution in [0.3, 0.4) is 0 Å². The van der Waals surface area contributed by atoms with E-state index in [0.29, 0.717) is 10.8 Å². The maximum Gasteiger partial charge on any atom is -0.00821 e. The van der Waals surface area contributed by atoms with Gasteiger partial charge in [0.05, 0.1) is 0 Å². The monoisotopic (exact) mass is 356 g/mol. The van der Waals surface area contributed by atoms with Crippen LogP contribution in [0.2, 0.25) is 0 Å². The van der Waals surface area contributed by atoms with E-state index < -0.39 is 0 Å². The molecule has 0 N–H and O–H groups in total. The second kappa shape index (κ2) is 6.97. The van der Waals surface area contributed by atoms with Crippen molar-refractivity contribution in [2.45, 2.75) is 105 Å². The molecule has 0 saturated heterocycles. The van der Waals surface area contributed by atoms with Gasteiger partial charge >= 0.3 is 0 Å². The van der Waals surface area contributed by atoms with Crippen molar-refractivity contribution in [3.63, 3.8) is 0 Å². The number of hydrogen-bond acceptors (Lipinski definition) is 0. The van der Waals surface area contributed by atoms with E-state index in [9.17, 15) is 0 Å². The molecule has 0 heterocycles. The molecule has 0 aromatic heterocycles. The first-order valence-electron chi connectivity index (χ1n) is 12.1. The van der Waals surface area contributed by atoms with Crippen LogP contribution >= 0.6 is 0 Å². The van der Waals surface area contributed by atoms with Gasteiger partial charge in [0.25, 0.3) is 0 Å². The van der Waals surface area contributed by atoms with Crippen molar-refractivity contribution in [2.75, 3.05) is 0 Å². The minimum absolute atomic E-state index is 0.577. The third kappa shape index (κ3) is 3.02. The van der Waals surface area contributed by atoms with E-state index in [1.165, 1.54) is 70.6 Å². The lowest BCUT2D eigenvalue weighted by Crippen LogP contribution is -2.44. The number of hydrogen-bond donors (Lipinski definition) is 0. The summed E-state index contributed by atoms with van der Waals surface area (Å²) in [6.45, 7) is 12.6. The zero-order valence-electron chi connectivity index (χ0n) is 18.3. The molecular formula is C26H44. The van der Waals surface area contributed by atoms with Crippen LogP contribution in [0.1, 0.15) is 105 Å². The molecule has 0 amide bonds. The molecule has 3 saturated carbocycles. The summed E-state index contributed by atoms with van der Waals surface area (Å²) < 4.78 is 0. The van der Waals surface area contributed by atoms with Crippen molar-refractivity contribution < 1.29 is 0 Å². The van der Waals surface area contributed by atoms with Crippen molar-refractivity contribution in [3.05, 3.63) is 11.6 Å². The Morgan fingerprint density at radius 3 is 2.58 bits per heavy atom. The van der Waals surface area contributed by atoms with Crippen LogP contribution in [-0.2, 0) is 0 Å². The third-order valence-corrected chi connectivity index (χ3v) is 9.78. The Balaban J connectivity index is 1.46. The van der Waals surface area contributed by atoms with Crippen LogP contribution in [0.4, 0.5) is 0 Å². The maximum atomic E-state index is 2.85. The Morgan fingerprint density at radius 1 is 1.00 bits per heavy atom. The van der Waals surface area contributed by atoms with E-state index in [2.05, 4.69) is 40.7 Å². The molecule has 148 valence electrons. The summed E-state index contributed by atoms with van der Waals surface area (Å²) in [6.07, 6.45) is 19.2. The highest BCUT2D eigenvalue weighted by Gasteiger charge is 2.59. The van der Waals surface area contributed by atoms with Crippen LogP contribution in [0, 0.1) is 46.3 Å². The summed E-state index contributed by atoms with van der Waals surface area (Å²) in [6, 6.07) is 0. The highest BCUT2D eigenvalue weighted by Crippen LogP contribution is 2.68. The van der Waals surface area contributed by atoms with E-state index in [1.807, 2.05) is 5.57 Å². The molecule has 4 aliphatic carbocycles. The van der Waals surface area contributed by atoms with E-state index in [-0.39, 0.29) is 0 Å². The predicted octanol–water partition coefficient (Wildman–Crippen LogP) is 8.03. The van der Waals surface area contributed by atoms with E-state index >= 15 is 0 Å². The summed E-state index contributed by atoms with van der Waals surface area (Å²) in [5.74, 6) is 5.75. The number of allylic oxidation sites excluding steroid dienone is 2. The lowest BCUT2D eigenvalue weighted by atomic mass is 9.53. The molecule has 0 bridgehead atoms. The van der Waals surface area contributed by atoms with Gasteiger partial charge in [0.1, 0.15) is 0 Å². The van der Waals surface area contributed by atoms with Crippen molar-refractivity contribution in [1.82, 2.24) is 0 Å². The van der Waals surface area contributed by atoms with Crippen molar-refractivity contribution in [1.29, 1.82) is 0 Å². The van der Waals surface area contributed by atoms with Crippen LogP contribution < -0.4 is 0 Å². The highest BCUT2D eigenvalue weighted by molar-refractivity contribution is 5.29. The smallest absolute Gasteiger partial charge is 0.00821 e. The Morgan fingerprint density at radius 2 is 1.81 bits per heavy atom. The SMILES string of the molecule is CC(C)CCCCC1CCC2C3C=C4CC(C)CCC4(C)C3CCC12C. The molecule has 3 fully saturated rings. The Labute approximate surface area is 163 Å². The molecule has 7 unspecified atom stereocenters. The number of unbranched alkanes of at least 4 members (excludes halogenated alkanes) is 1. The molecule has 4 aliphatic rings. The van der Waals surface area contributed by atoms with Crippen molar-refractivity contribution in [3.8, 4) is 0 Å². The van der Waals surface area contributed by atoms with E-state index in [0.717, 1.165) is 35.5 Å². The molecule has 0 radical (unpaired) electrons. The molecule has 0 nitrogen and oxygen atoms in total. The Kier molecular flexibility index (Phi) is 5.11. The zero-order chi connectivity index (χ0) is 18.5. The molecule has 0 aromatic carbocycles. The van der Waals surface area contributed by atoms with Crippen LogP contribution in [0.15, 0.2) is 11.6 Å². The van der Waals surface area contributed by atoms with E-state index in [4.69, 9.17) is 0 Å². The quantitative estimate of drug-likeness (QED) is 0.345. The minimum atomic E-state index is 0.577. The van der Waals surface area contributed by atoms with Crippen LogP contribution in [-0.4, -0.2) is 0 Å². The zero-order valence-corrected chi connectivity index (χ0v) is 18.3. The molecule has 7 atom stereocenters. The number of fused-ring (bicyclic) bond motifs is 5. The molecule has 0 aromatic rings. The van der Waals surface area contributed by atoms with Crippen LogP contribution in [0.5, 0.6) is 0 Å². The van der Waals surface area contributed by atoms with Gasteiger partial charge in [-0.2, -0.15) is 0 Å². The molecular weight excluding hydrogens is 312 g/mol. The van der Waals surface area contributed by atoms with Gasteiger partial charge in [-0.1, -0.05) is 65.5 Å². The van der Waals surface area contributed by atoms with Crippen molar-refractivity contribution >= 4 is 0 Å². The fourth-order valence-corrected chi connectivity index (χ4v) is 8.03.